The third-order valence-corrected chi connectivity index (χ3v) is 11.9. The second-order valence-corrected chi connectivity index (χ2v) is 16.2. The van der Waals surface area contributed by atoms with Gasteiger partial charge in [0.1, 0.15) is 17.8 Å². The van der Waals surface area contributed by atoms with Crippen molar-refractivity contribution >= 4 is 92.9 Å². The van der Waals surface area contributed by atoms with E-state index in [1.54, 1.807) is 0 Å². The van der Waals surface area contributed by atoms with E-state index in [2.05, 4.69) is 24.3 Å². The van der Waals surface area contributed by atoms with Crippen LogP contribution in [0.3, 0.4) is 0 Å². The van der Waals surface area contributed by atoms with Crippen LogP contribution < -0.4 is 0 Å². The van der Waals surface area contributed by atoms with Crippen LogP contribution in [0.1, 0.15) is 50.6 Å². The fraction of sp³-hybridized carbons (Fsp3) is 0.0909. The van der Waals surface area contributed by atoms with Gasteiger partial charge >= 0.3 is 0 Å². The summed E-state index contributed by atoms with van der Waals surface area (Å²) in [6, 6.07) is 35.7. The van der Waals surface area contributed by atoms with Crippen LogP contribution in [0, 0.1) is 0 Å². The molecule has 0 spiro atoms. The number of hydrogen-bond donors (Lipinski definition) is 0. The molecule has 2 nitrogen and oxygen atoms in total. The van der Waals surface area contributed by atoms with E-state index in [-0.39, 0.29) is 12.2 Å². The maximum Gasteiger partial charge on any atom is 0.147 e. The molecule has 2 saturated heterocycles. The average Bonchev–Trinajstić information content (AvgIpc) is 3.47. The summed E-state index contributed by atoms with van der Waals surface area (Å²) in [7, 11) is 0. The molecule has 10 rings (SSSR count). The maximum absolute atomic E-state index is 6.95. The van der Waals surface area contributed by atoms with Crippen molar-refractivity contribution in [1.29, 1.82) is 0 Å². The molecular formula is C44H24Cl6O2. The molecule has 0 N–H and O–H groups in total. The Morgan fingerprint density at radius 3 is 1.52 bits per heavy atom. The van der Waals surface area contributed by atoms with E-state index in [9.17, 15) is 0 Å². The van der Waals surface area contributed by atoms with Gasteiger partial charge in [0.15, 0.2) is 0 Å². The Morgan fingerprint density at radius 2 is 0.962 bits per heavy atom. The largest absolute Gasteiger partial charge is 0.367 e. The highest BCUT2D eigenvalue weighted by molar-refractivity contribution is 6.33. The molecule has 2 heterocycles. The Balaban J connectivity index is 1.10. The summed E-state index contributed by atoms with van der Waals surface area (Å²) in [6.45, 7) is 0.358. The summed E-state index contributed by atoms with van der Waals surface area (Å²) in [4.78, 5) is 0. The first-order chi connectivity index (χ1) is 25.2. The minimum Gasteiger partial charge on any atom is -0.367 e. The number of fused-ring (bicyclic) bond motifs is 7. The number of ether oxygens (including phenoxy) is 2. The van der Waals surface area contributed by atoms with Gasteiger partial charge in [-0.3, -0.25) is 0 Å². The molecule has 2 aliphatic heterocycles. The predicted octanol–water partition coefficient (Wildman–Crippen LogP) is 14.1. The molecular weight excluding hydrogens is 773 g/mol. The minimum absolute atomic E-state index is 0.266. The van der Waals surface area contributed by atoms with Gasteiger partial charge in [-0.2, -0.15) is 0 Å². The minimum atomic E-state index is -0.703. The zero-order valence-corrected chi connectivity index (χ0v) is 31.5. The molecule has 2 fully saturated rings. The summed E-state index contributed by atoms with van der Waals surface area (Å²) < 4.78 is 13.5. The lowest BCUT2D eigenvalue weighted by Crippen LogP contribution is -2.14. The van der Waals surface area contributed by atoms with Gasteiger partial charge in [0.25, 0.3) is 0 Å². The van der Waals surface area contributed by atoms with Gasteiger partial charge in [-0.05, 0) is 163 Å². The van der Waals surface area contributed by atoms with Gasteiger partial charge in [-0.25, -0.2) is 0 Å². The Kier molecular flexibility index (Phi) is 7.79. The predicted molar refractivity (Wildman–Crippen MR) is 216 cm³/mol. The molecule has 6 aromatic rings. The smallest absolute Gasteiger partial charge is 0.147 e. The normalized spacial score (nSPS) is 22.0. The third-order valence-electron chi connectivity index (χ3n) is 10.5. The van der Waals surface area contributed by atoms with Crippen molar-refractivity contribution in [2.75, 3.05) is 6.61 Å². The number of epoxide rings is 1. The zero-order chi connectivity index (χ0) is 35.5. The van der Waals surface area contributed by atoms with Crippen molar-refractivity contribution in [3.8, 4) is 22.3 Å². The molecule has 3 atom stereocenters. The van der Waals surface area contributed by atoms with E-state index in [1.165, 1.54) is 0 Å². The first-order valence-electron chi connectivity index (χ1n) is 16.7. The lowest BCUT2D eigenvalue weighted by atomic mass is 9.86. The highest BCUT2D eigenvalue weighted by Gasteiger charge is 2.68. The second kappa shape index (κ2) is 12.2. The molecule has 6 aromatic carbocycles. The molecule has 0 bridgehead atoms. The Morgan fingerprint density at radius 1 is 0.481 bits per heavy atom. The monoisotopic (exact) mass is 794 g/mol. The van der Waals surface area contributed by atoms with Gasteiger partial charge in [0.2, 0.25) is 0 Å². The summed E-state index contributed by atoms with van der Waals surface area (Å²) in [5, 5.41) is 3.91. The van der Waals surface area contributed by atoms with Crippen LogP contribution >= 0.6 is 69.6 Å². The van der Waals surface area contributed by atoms with Crippen molar-refractivity contribution in [3.05, 3.63) is 184 Å². The van der Waals surface area contributed by atoms with Gasteiger partial charge in [-0.15, -0.1) is 0 Å². The molecule has 0 saturated carbocycles. The lowest BCUT2D eigenvalue weighted by Gasteiger charge is -2.18. The summed E-state index contributed by atoms with van der Waals surface area (Å²) in [6.07, 6.45) is 3.66. The van der Waals surface area contributed by atoms with Gasteiger partial charge in [0.05, 0.1) is 6.61 Å². The van der Waals surface area contributed by atoms with Crippen molar-refractivity contribution in [3.63, 3.8) is 0 Å². The van der Waals surface area contributed by atoms with Crippen LogP contribution in [0.15, 0.2) is 109 Å². The highest BCUT2D eigenvalue weighted by atomic mass is 35.5. The molecule has 8 heteroatoms. The summed E-state index contributed by atoms with van der Waals surface area (Å²) in [5.74, 6) is 0. The maximum atomic E-state index is 6.95. The van der Waals surface area contributed by atoms with E-state index < -0.39 is 5.60 Å². The van der Waals surface area contributed by atoms with Crippen molar-refractivity contribution < 1.29 is 9.47 Å². The van der Waals surface area contributed by atoms with Gasteiger partial charge in [-0.1, -0.05) is 106 Å². The fourth-order valence-corrected chi connectivity index (χ4v) is 9.28. The van der Waals surface area contributed by atoms with Crippen LogP contribution in [0.5, 0.6) is 0 Å². The van der Waals surface area contributed by atoms with E-state index >= 15 is 0 Å². The number of benzene rings is 6. The lowest BCUT2D eigenvalue weighted by molar-refractivity contribution is 0.00851. The van der Waals surface area contributed by atoms with Crippen molar-refractivity contribution in [2.45, 2.75) is 17.8 Å². The SMILES string of the molecule is Clc1ccc(/C=C2/c3cc(Cl)ccc3-c3c2cc(Cl)cc3C2OCC3(c4cc(Cl)cc5c4-c4ccc(Cl)cc4/C5=C\c4ccc(Cl)cc4)OC23)cc1. The number of hydrogen-bond acceptors (Lipinski definition) is 2. The number of halogens is 6. The highest BCUT2D eigenvalue weighted by Crippen LogP contribution is 2.64. The molecule has 2 aliphatic carbocycles. The summed E-state index contributed by atoms with van der Waals surface area (Å²) >= 11 is 39.5. The zero-order valence-electron chi connectivity index (χ0n) is 27.0. The van der Waals surface area contributed by atoms with Gasteiger partial charge < -0.3 is 9.47 Å². The molecule has 254 valence electrons. The van der Waals surface area contributed by atoms with Crippen molar-refractivity contribution in [2.24, 2.45) is 0 Å². The second-order valence-electron chi connectivity index (χ2n) is 13.6. The van der Waals surface area contributed by atoms with Crippen LogP contribution in [-0.4, -0.2) is 12.7 Å². The first kappa shape index (κ1) is 33.1. The Hall–Kier alpha value is -3.54. The molecule has 0 radical (unpaired) electrons. The molecule has 0 aromatic heterocycles. The van der Waals surface area contributed by atoms with E-state index in [4.69, 9.17) is 79.1 Å². The van der Waals surface area contributed by atoms with E-state index in [0.29, 0.717) is 36.7 Å². The van der Waals surface area contributed by atoms with Crippen LogP contribution in [0.25, 0.3) is 45.6 Å². The molecule has 52 heavy (non-hydrogen) atoms. The Bertz CT molecular complexity index is 2570. The molecule has 4 aliphatic rings. The van der Waals surface area contributed by atoms with Crippen LogP contribution in [0.2, 0.25) is 30.1 Å². The average molecular weight is 797 g/mol. The topological polar surface area (TPSA) is 21.8 Å². The standard InChI is InChI=1S/C44H24Cl6O2/c45-24-5-1-22(2-6-24)13-32-34-15-26(47)9-11-30(34)40-36(32)17-28(49)19-38(40)42-43-44(52-43,21-51-42)39-20-29(50)18-37-33(14-23-3-7-25(46)8-4-23)35-16-27(48)10-12-31(35)41(37)39/h1-20,42-43H,21H2/b32-13-,33-14+. The third kappa shape index (κ3) is 5.23. The molecule has 3 unspecified atom stereocenters. The van der Waals surface area contributed by atoms with Gasteiger partial charge in [0, 0.05) is 30.1 Å². The van der Waals surface area contributed by atoms with Crippen LogP contribution in [0.4, 0.5) is 0 Å². The summed E-state index contributed by atoms with van der Waals surface area (Å²) in [5.41, 5.74) is 13.8. The quantitative estimate of drug-likeness (QED) is 0.166. The van der Waals surface area contributed by atoms with E-state index in [0.717, 1.165) is 77.9 Å². The van der Waals surface area contributed by atoms with Crippen LogP contribution in [-0.2, 0) is 15.1 Å². The Labute approximate surface area is 330 Å². The van der Waals surface area contributed by atoms with Crippen molar-refractivity contribution in [1.82, 2.24) is 0 Å². The molecule has 0 amide bonds. The fourth-order valence-electron chi connectivity index (χ4n) is 8.24. The van der Waals surface area contributed by atoms with E-state index in [1.807, 2.05) is 97.1 Å². The number of rotatable bonds is 4. The first-order valence-corrected chi connectivity index (χ1v) is 19.0.